The van der Waals surface area contributed by atoms with Gasteiger partial charge in [0.2, 0.25) is 106 Å². The van der Waals surface area contributed by atoms with Gasteiger partial charge in [-0.3, -0.25) is 107 Å². The third kappa shape index (κ3) is 44.0. The molecule has 50 heteroatoms. The summed E-state index contributed by atoms with van der Waals surface area (Å²) in [4.78, 5) is 280. The number of hydrogen-bond acceptors (Lipinski definition) is 24. The Kier molecular flexibility index (Phi) is 49.7. The minimum Gasteiger partial charge on any atom is -0.481 e. The molecule has 0 unspecified atom stereocenters. The van der Waals surface area contributed by atoms with Gasteiger partial charge in [0.1, 0.15) is 78.5 Å². The highest BCUT2D eigenvalue weighted by Crippen LogP contribution is 2.17. The summed E-state index contributed by atoms with van der Waals surface area (Å²) >= 11 is 6.29. The number of carboxylic acid groups (broad SMARTS) is 3. The average Bonchev–Trinajstić information content (AvgIpc) is 0.844. The van der Waals surface area contributed by atoms with Gasteiger partial charge in [-0.15, -0.1) is 0 Å². The Labute approximate surface area is 724 Å². The summed E-state index contributed by atoms with van der Waals surface area (Å²) in [6.45, 7) is 11.5. The van der Waals surface area contributed by atoms with Crippen molar-refractivity contribution in [2.45, 2.75) is 237 Å². The second-order valence-corrected chi connectivity index (χ2v) is 30.7. The fourth-order valence-corrected chi connectivity index (χ4v) is 11.9. The highest BCUT2D eigenvalue weighted by molar-refractivity contribution is 6.30. The Morgan fingerprint density at radius 1 is 0.392 bits per heavy atom. The fourth-order valence-electron chi connectivity index (χ4n) is 11.7. The second kappa shape index (κ2) is 56.5. The summed E-state index contributed by atoms with van der Waals surface area (Å²) in [6, 6.07) is -15.6. The van der Waals surface area contributed by atoms with E-state index in [1.54, 1.807) is 48.5 Å². The van der Waals surface area contributed by atoms with Crippen molar-refractivity contribution in [2.24, 2.45) is 58.1 Å². The van der Waals surface area contributed by atoms with Crippen LogP contribution in [0, 0.1) is 34.5 Å². The highest BCUT2D eigenvalue weighted by Gasteiger charge is 2.40. The van der Waals surface area contributed by atoms with Gasteiger partial charge in [-0.25, -0.2) is 4.79 Å². The van der Waals surface area contributed by atoms with E-state index < -0.39 is 284 Å². The number of rotatable bonds is 60. The van der Waals surface area contributed by atoms with Gasteiger partial charge in [-0.2, -0.15) is 0 Å². The summed E-state index contributed by atoms with van der Waals surface area (Å²) < 4.78 is 0. The highest BCUT2D eigenvalue weighted by atomic mass is 35.5. The quantitative estimate of drug-likeness (QED) is 0.0164. The molecule has 0 heterocycles. The first kappa shape index (κ1) is 110. The van der Waals surface area contributed by atoms with Gasteiger partial charge in [0, 0.05) is 37.4 Å². The molecule has 0 spiro atoms. The van der Waals surface area contributed by atoms with Crippen molar-refractivity contribution in [3.05, 3.63) is 34.9 Å². The molecule has 0 saturated carbocycles. The molecule has 125 heavy (non-hydrogen) atoms. The van der Waals surface area contributed by atoms with Crippen molar-refractivity contribution in [1.29, 1.82) is 10.8 Å². The number of halogens is 1. The van der Waals surface area contributed by atoms with Gasteiger partial charge in [-0.05, 0) is 93.2 Å². The molecule has 0 aliphatic heterocycles. The number of primary amides is 3. The molecule has 1 aromatic carbocycles. The van der Waals surface area contributed by atoms with Gasteiger partial charge >= 0.3 is 17.9 Å². The molecule has 34 N–H and O–H groups in total. The van der Waals surface area contributed by atoms with Crippen LogP contribution in [-0.2, 0) is 107 Å². The van der Waals surface area contributed by atoms with Crippen LogP contribution in [0.2, 0.25) is 5.02 Å². The molecular weight excluding hydrogens is 1670 g/mol. The van der Waals surface area contributed by atoms with Crippen LogP contribution in [0.4, 0.5) is 0 Å². The number of nitrogens with two attached hydrogens (primary N) is 6. The monoisotopic (exact) mass is 1790 g/mol. The Morgan fingerprint density at radius 3 is 1.22 bits per heavy atom. The van der Waals surface area contributed by atoms with Crippen molar-refractivity contribution in [2.75, 3.05) is 32.7 Å². The van der Waals surface area contributed by atoms with Crippen LogP contribution >= 0.6 is 11.6 Å². The third-order valence-electron chi connectivity index (χ3n) is 18.9. The predicted molar refractivity (Wildman–Crippen MR) is 445 cm³/mol. The summed E-state index contributed by atoms with van der Waals surface area (Å²) in [7, 11) is 0. The van der Waals surface area contributed by atoms with E-state index in [1.165, 1.54) is 38.1 Å². The van der Waals surface area contributed by atoms with Gasteiger partial charge in [0.15, 0.2) is 11.9 Å². The lowest BCUT2D eigenvalue weighted by Crippen LogP contribution is -2.61. The molecule has 698 valence electrons. The maximum Gasteiger partial charge on any atom is 0.326 e. The van der Waals surface area contributed by atoms with E-state index in [2.05, 4.69) is 85.1 Å². The zero-order chi connectivity index (χ0) is 95.2. The number of guanidine groups is 2. The molecule has 1 aromatic rings. The van der Waals surface area contributed by atoms with Crippen LogP contribution in [0.1, 0.15) is 158 Å². The van der Waals surface area contributed by atoms with Gasteiger partial charge in [0.05, 0.1) is 38.9 Å². The number of nitrogens with one attached hydrogen (secondary N) is 19. The first-order chi connectivity index (χ1) is 58.4. The van der Waals surface area contributed by atoms with Crippen molar-refractivity contribution < 1.29 is 116 Å². The van der Waals surface area contributed by atoms with Gasteiger partial charge in [-0.1, -0.05) is 92.0 Å². The molecule has 0 aliphatic carbocycles. The lowest BCUT2D eigenvalue weighted by atomic mass is 9.96. The van der Waals surface area contributed by atoms with E-state index in [4.69, 9.17) is 56.8 Å². The lowest BCUT2D eigenvalue weighted by Gasteiger charge is -2.29. The van der Waals surface area contributed by atoms with E-state index in [1.807, 2.05) is 5.32 Å². The van der Waals surface area contributed by atoms with Gasteiger partial charge < -0.3 is 140 Å². The van der Waals surface area contributed by atoms with Crippen molar-refractivity contribution in [3.8, 4) is 0 Å². The van der Waals surface area contributed by atoms with Crippen molar-refractivity contribution >= 4 is 148 Å². The predicted octanol–water partition coefficient (Wildman–Crippen LogP) is -8.84. The van der Waals surface area contributed by atoms with Crippen LogP contribution in [0.3, 0.4) is 0 Å². The number of carboxylic acids is 3. The van der Waals surface area contributed by atoms with Crippen molar-refractivity contribution in [3.63, 3.8) is 0 Å². The zero-order valence-corrected chi connectivity index (χ0v) is 71.8. The third-order valence-corrected chi connectivity index (χ3v) is 19.1. The number of carbonyl (C=O) groups is 21. The van der Waals surface area contributed by atoms with E-state index in [9.17, 15) is 116 Å². The molecule has 0 fully saturated rings. The Balaban J connectivity index is 3.57. The molecule has 0 aliphatic rings. The molecular formula is C75H122ClN25O24. The van der Waals surface area contributed by atoms with E-state index in [0.29, 0.717) is 5.56 Å². The standard InChI is InChI=1S/C75H122ClN25O24/c1-10-36(7)59(100-61(112)38(9)89-66(117)45(25-34(3)4)95-64(115)43(20-22-51(79)103)93-63(114)41(17-13-23-85-74(81)82)91-54(106)33-88-70(121)58(35(5)6)99-65(116)42(19-21-50(78)102)90-53(105)31-77)71(122)97-46(27-39-15-12-16-40(76)26-39)62(113)87-32-55(107)92-48(29-56(108)109)68(119)96-49(30-57(110)111)69(120)101-60(37(8)11-2)72(123)98-47(28-52(80)104)67(118)94-44(73(124)125)18-14-24-86-75(83)84/h12,15-16,26,34-38,41-49,58-60H,10-11,13-14,17-25,27-33,77H2,1-9H3,(H2,78,102)(H2,79,103)(H2,80,104)(H,87,113)(H,88,121)(H,89,117)(H,90,105)(H,91,106)(H,92,107)(H,93,114)(H,94,118)(H,95,115)(H,96,119)(H,97,122)(H,98,123)(H,99,116)(H,100,112)(H,101,120)(H,108,109)(H,110,111)(H,124,125)(H4,81,82,85)(H4,83,84,86)/t36-,37-,38-,41-,42-,43-,44-,45-,46-,47-,48-,49-,58-,59-,60-/m0/s1. The Hall–Kier alpha value is -13.1. The normalized spacial score (nSPS) is 14.5. The van der Waals surface area contributed by atoms with Crippen molar-refractivity contribution in [1.82, 2.24) is 90.4 Å². The number of carbonyl (C=O) groups excluding carboxylic acids is 18. The molecule has 15 atom stereocenters. The number of hydrogen-bond donors (Lipinski definition) is 28. The molecule has 0 saturated heterocycles. The summed E-state index contributed by atoms with van der Waals surface area (Å²) in [5.74, 6) is -27.6. The Morgan fingerprint density at radius 2 is 0.768 bits per heavy atom. The number of amides is 18. The summed E-state index contributed by atoms with van der Waals surface area (Å²) in [6.07, 6.45) is -5.55. The summed E-state index contributed by atoms with van der Waals surface area (Å²) in [5.41, 5.74) is 32.5. The first-order valence-corrected chi connectivity index (χ1v) is 40.4. The summed E-state index contributed by atoms with van der Waals surface area (Å²) in [5, 5.41) is 84.8. The lowest BCUT2D eigenvalue weighted by molar-refractivity contribution is -0.143. The maximum atomic E-state index is 14.5. The van der Waals surface area contributed by atoms with E-state index in [-0.39, 0.29) is 88.2 Å². The largest absolute Gasteiger partial charge is 0.481 e. The van der Waals surface area contributed by atoms with Crippen LogP contribution in [0.5, 0.6) is 0 Å². The van der Waals surface area contributed by atoms with E-state index >= 15 is 0 Å². The topological polar surface area (TPSA) is 827 Å². The average molecular weight is 1790 g/mol. The van der Waals surface area contributed by atoms with Crippen LogP contribution in [-0.4, -0.2) is 263 Å². The molecule has 49 nitrogen and oxygen atoms in total. The first-order valence-electron chi connectivity index (χ1n) is 40.0. The second-order valence-electron chi connectivity index (χ2n) is 30.2. The van der Waals surface area contributed by atoms with Crippen LogP contribution in [0.25, 0.3) is 0 Å². The molecule has 0 bridgehead atoms. The zero-order valence-electron chi connectivity index (χ0n) is 71.0. The fraction of sp³-hybridized carbons (Fsp3) is 0.613. The number of aliphatic carboxylic acids is 3. The van der Waals surface area contributed by atoms with E-state index in [0.717, 1.165) is 0 Å². The molecule has 1 rings (SSSR count). The molecule has 0 radical (unpaired) electrons. The van der Waals surface area contributed by atoms with Crippen LogP contribution in [0.15, 0.2) is 24.3 Å². The van der Waals surface area contributed by atoms with Gasteiger partial charge in [0.25, 0.3) is 0 Å². The molecule has 18 amide bonds. The SMILES string of the molecule is CC[C@H](C)[C@H](NC(=O)[C@H](C)NC(=O)[C@H](CC(C)C)NC(=O)[C@H](CCC(N)=O)NC(=O)[C@H](CCCNC(=N)N)NC(=O)CNC(=O)[C@@H](NC(=O)[C@H](CCC(N)=O)NC(=O)CN)C(C)C)C(=O)N[C@@H](Cc1cccc(Cl)c1)C(=O)NCC(=O)N[C@@H](CC(=O)O)C(=O)N[C@@H](CC(=O)O)C(=O)N[C@H](C(=O)N[C@@H](CC(N)=O)C(=O)N[C@@H](CCCNC(=N)N)C(=O)O)[C@@H](C)CC. The van der Waals surface area contributed by atoms with Crippen LogP contribution < -0.4 is 125 Å². The maximum absolute atomic E-state index is 14.5. The Bertz CT molecular complexity index is 4010. The smallest absolute Gasteiger partial charge is 0.326 e. The molecule has 0 aromatic heterocycles. The number of benzene rings is 1. The minimum atomic E-state index is -2.15. The minimum absolute atomic E-state index is 0.0128.